The van der Waals surface area contributed by atoms with Crippen LogP contribution in [-0.4, -0.2) is 267 Å². The van der Waals surface area contributed by atoms with Gasteiger partial charge < -0.3 is 124 Å². The monoisotopic (exact) mass is 1260 g/mol. The third-order valence-corrected chi connectivity index (χ3v) is 13.9. The second-order valence-electron chi connectivity index (χ2n) is 21.4. The minimum atomic E-state index is -1.80. The van der Waals surface area contributed by atoms with Crippen molar-refractivity contribution in [2.24, 2.45) is 5.73 Å². The number of ether oxygens (including phenoxy) is 5. The van der Waals surface area contributed by atoms with Crippen molar-refractivity contribution in [2.75, 3.05) is 26.4 Å². The van der Waals surface area contributed by atoms with Crippen molar-refractivity contribution in [3.63, 3.8) is 0 Å². The van der Waals surface area contributed by atoms with Gasteiger partial charge in [0.15, 0.2) is 12.6 Å². The smallest absolute Gasteiger partial charge is 0.326 e. The lowest BCUT2D eigenvalue weighted by molar-refractivity contribution is -0.313. The number of aliphatic hydroxyl groups excluding tert-OH is 5. The lowest BCUT2D eigenvalue weighted by atomic mass is 9.95. The number of carbonyl (C=O) groups excluding carboxylic acids is 11. The Morgan fingerprint density at radius 1 is 0.580 bits per heavy atom. The number of hydrogen-bond acceptors (Lipinski definition) is 24. The number of carboxylic acids is 2. The van der Waals surface area contributed by atoms with Crippen LogP contribution in [0.5, 0.6) is 0 Å². The zero-order valence-electron chi connectivity index (χ0n) is 49.8. The van der Waals surface area contributed by atoms with E-state index in [4.69, 9.17) is 29.4 Å². The fourth-order valence-electron chi connectivity index (χ4n) is 8.85. The quantitative estimate of drug-likeness (QED) is 0.0266. The van der Waals surface area contributed by atoms with Gasteiger partial charge in [0.1, 0.15) is 103 Å². The third-order valence-electron chi connectivity index (χ3n) is 13.9. The van der Waals surface area contributed by atoms with E-state index < -0.39 is 231 Å². The second-order valence-corrected chi connectivity index (χ2v) is 21.4. The van der Waals surface area contributed by atoms with Crippen molar-refractivity contribution >= 4 is 76.9 Å². The number of aliphatic carboxylic acids is 2. The first-order chi connectivity index (χ1) is 41.1. The molecule has 11 amide bonds. The first-order valence-corrected chi connectivity index (χ1v) is 28.1. The Morgan fingerprint density at radius 3 is 1.66 bits per heavy atom. The molecule has 0 aromatic carbocycles. The average Bonchev–Trinajstić information content (AvgIpc) is 2.68. The molecule has 2 bridgehead atoms. The molecule has 3 saturated heterocycles. The molecule has 3 heterocycles. The molecule has 0 saturated carbocycles. The van der Waals surface area contributed by atoms with E-state index in [1.807, 2.05) is 0 Å². The van der Waals surface area contributed by atoms with Gasteiger partial charge in [-0.25, -0.2) is 4.79 Å². The van der Waals surface area contributed by atoms with E-state index >= 15 is 0 Å². The van der Waals surface area contributed by atoms with Gasteiger partial charge in [0.25, 0.3) is 0 Å². The van der Waals surface area contributed by atoms with Crippen molar-refractivity contribution in [3.05, 3.63) is 0 Å². The van der Waals surface area contributed by atoms with Crippen LogP contribution in [0.1, 0.15) is 88.0 Å². The van der Waals surface area contributed by atoms with Gasteiger partial charge in [-0.1, -0.05) is 0 Å². The maximum atomic E-state index is 13.7. The number of amides is 11. The molecule has 21 unspecified atom stereocenters. The van der Waals surface area contributed by atoms with Crippen LogP contribution >= 0.6 is 0 Å². The molecule has 0 spiro atoms. The van der Waals surface area contributed by atoms with Crippen LogP contribution in [0, 0.1) is 0 Å². The Kier molecular flexibility index (Phi) is 29.8. The Labute approximate surface area is 504 Å². The zero-order chi connectivity index (χ0) is 66.6. The first-order valence-electron chi connectivity index (χ1n) is 28.1. The van der Waals surface area contributed by atoms with E-state index in [1.54, 1.807) is 0 Å². The van der Waals surface area contributed by atoms with E-state index in [0.717, 1.165) is 13.8 Å². The standard InChI is InChI=1S/C51H84N12O25/c1-18(52)40(72)63-33(23(6)66)47(79)56-21(4)43(75)62-29(15-64)45(77)53-14-10-11-27(46(78)55-19(2)41(73)57-22(5)48(80)81)60-32(69)13-12-28(49(82)83)61-42(74)20(3)54-44(76)24(7)85-39-35(59-26(9)68)50-84-17-31(87-50)38(39)88-51-34(58-25(8)67)37(71)36(70)30(16-65)86-51/h18-24,27-31,33-39,50-51,64-66,70-71H,10-17,52H2,1-9H3,(H,53,77)(H,54,76)(H,55,78)(H,56,79)(H,57,73)(H,58,67)(H,59,68)(H,60,69)(H,61,74)(H,62,75)(H,63,72)(H,80,81)(H,82,83). The van der Waals surface area contributed by atoms with Crippen LogP contribution in [0.25, 0.3) is 0 Å². The molecular weight excluding hydrogens is 1180 g/mol. The highest BCUT2D eigenvalue weighted by atomic mass is 16.8. The van der Waals surface area contributed by atoms with Gasteiger partial charge in [-0.2, -0.15) is 0 Å². The molecule has 37 nitrogen and oxygen atoms in total. The predicted molar refractivity (Wildman–Crippen MR) is 294 cm³/mol. The molecule has 498 valence electrons. The summed E-state index contributed by atoms with van der Waals surface area (Å²) in [6, 6.07) is -15.8. The lowest BCUT2D eigenvalue weighted by Gasteiger charge is -2.47. The number of nitrogens with one attached hydrogen (secondary N) is 11. The summed E-state index contributed by atoms with van der Waals surface area (Å²) in [6.45, 7) is 8.64. The van der Waals surface area contributed by atoms with Gasteiger partial charge in [0.05, 0.1) is 32.0 Å². The number of rotatable bonds is 34. The molecule has 0 aromatic heterocycles. The average molecular weight is 1270 g/mol. The van der Waals surface area contributed by atoms with Crippen molar-refractivity contribution in [2.45, 2.75) is 216 Å². The van der Waals surface area contributed by atoms with Crippen LogP contribution in [0.2, 0.25) is 0 Å². The number of carboxylic acid groups (broad SMARTS) is 2. The molecule has 0 radical (unpaired) electrons. The summed E-state index contributed by atoms with van der Waals surface area (Å²) in [5.74, 6) is -12.9. The van der Waals surface area contributed by atoms with Crippen LogP contribution in [0.3, 0.4) is 0 Å². The van der Waals surface area contributed by atoms with E-state index in [2.05, 4.69) is 58.5 Å². The summed E-state index contributed by atoms with van der Waals surface area (Å²) in [7, 11) is 0. The van der Waals surface area contributed by atoms with Crippen LogP contribution in [0.4, 0.5) is 0 Å². The van der Waals surface area contributed by atoms with Crippen LogP contribution in [-0.2, 0) is 86.0 Å². The molecule has 3 rings (SSSR count). The molecule has 21 atom stereocenters. The minimum Gasteiger partial charge on any atom is -0.480 e. The van der Waals surface area contributed by atoms with Crippen molar-refractivity contribution < 1.29 is 122 Å². The molecule has 0 aliphatic carbocycles. The molecule has 3 aliphatic heterocycles. The molecule has 20 N–H and O–H groups in total. The highest BCUT2D eigenvalue weighted by Crippen LogP contribution is 2.35. The summed E-state index contributed by atoms with van der Waals surface area (Å²) < 4.78 is 29.8. The topological polar surface area (TPSA) is 568 Å². The molecule has 3 aliphatic rings. The lowest BCUT2D eigenvalue weighted by Crippen LogP contribution is -2.68. The molecule has 0 aromatic rings. The number of nitrogens with two attached hydrogens (primary N) is 1. The maximum absolute atomic E-state index is 13.7. The van der Waals surface area contributed by atoms with Crippen LogP contribution < -0.4 is 64.2 Å². The van der Waals surface area contributed by atoms with Gasteiger partial charge in [0.2, 0.25) is 65.0 Å². The Balaban J connectivity index is 1.69. The predicted octanol–water partition coefficient (Wildman–Crippen LogP) is -10.1. The first kappa shape index (κ1) is 74.9. The Hall–Kier alpha value is -7.33. The molecule has 37 heteroatoms. The SMILES string of the molecule is CC(=O)NC1C(OC2C3COC(O3)C(NC(C)=O)C2OC(C)C(=O)NC(C)C(=O)NC(CCC(=O)NC(CCCNC(=O)C(CO)NC(=O)C(C)NC(=O)C(NC(=O)C(C)N)C(C)O)C(=O)NC(C)C(=O)NC(C)C(=O)O)C(=O)O)OC(CO)C(O)C1O. The third kappa shape index (κ3) is 22.4. The molecule has 88 heavy (non-hydrogen) atoms. The fraction of sp³-hybridized carbons (Fsp3) is 0.745. The summed E-state index contributed by atoms with van der Waals surface area (Å²) in [6.07, 6.45) is -15.9. The highest BCUT2D eigenvalue weighted by Gasteiger charge is 2.56. The maximum Gasteiger partial charge on any atom is 0.326 e. The Bertz CT molecular complexity index is 2490. The van der Waals surface area contributed by atoms with Gasteiger partial charge in [-0.3, -0.25) is 57.5 Å². The van der Waals surface area contributed by atoms with Crippen molar-refractivity contribution in [3.8, 4) is 0 Å². The van der Waals surface area contributed by atoms with Gasteiger partial charge in [-0.05, 0) is 67.7 Å². The van der Waals surface area contributed by atoms with E-state index in [9.17, 15) is 98.1 Å². The normalized spacial score (nSPS) is 25.9. The highest BCUT2D eigenvalue weighted by molar-refractivity contribution is 5.96. The van der Waals surface area contributed by atoms with Crippen molar-refractivity contribution in [1.29, 1.82) is 0 Å². The molecule has 3 fully saturated rings. The second kappa shape index (κ2) is 35.0. The van der Waals surface area contributed by atoms with E-state index in [1.165, 1.54) is 48.5 Å². The van der Waals surface area contributed by atoms with Gasteiger partial charge in [0, 0.05) is 26.8 Å². The molecular formula is C51H84N12O25. The van der Waals surface area contributed by atoms with Crippen molar-refractivity contribution in [1.82, 2.24) is 58.5 Å². The minimum absolute atomic E-state index is 0.138. The van der Waals surface area contributed by atoms with Gasteiger partial charge in [-0.15, -0.1) is 0 Å². The number of hydrogen-bond donors (Lipinski definition) is 19. The number of fused-ring (bicyclic) bond motifs is 2. The zero-order valence-corrected chi connectivity index (χ0v) is 49.8. The fourth-order valence-corrected chi connectivity index (χ4v) is 8.85. The van der Waals surface area contributed by atoms with E-state index in [-0.39, 0.29) is 26.0 Å². The Morgan fingerprint density at radius 2 is 1.12 bits per heavy atom. The summed E-state index contributed by atoms with van der Waals surface area (Å²) >= 11 is 0. The summed E-state index contributed by atoms with van der Waals surface area (Å²) in [5.41, 5.74) is 5.51. The summed E-state index contributed by atoms with van der Waals surface area (Å²) in [5, 5.41) is 96.3. The largest absolute Gasteiger partial charge is 0.480 e. The van der Waals surface area contributed by atoms with Gasteiger partial charge >= 0.3 is 11.9 Å². The van der Waals surface area contributed by atoms with E-state index in [0.29, 0.717) is 0 Å². The summed E-state index contributed by atoms with van der Waals surface area (Å²) in [4.78, 5) is 166. The number of aliphatic hydroxyl groups is 5. The van der Waals surface area contributed by atoms with Crippen LogP contribution in [0.15, 0.2) is 0 Å². The number of carbonyl (C=O) groups is 13.